The standard InChI is InChI=1S/C21H21N7O/c1-13-16(14(2)28-21(25-13)15(10-22)11-24-28)8-9-20(29)23-12-19-26-17-6-4-5-7-18(17)27(19)3/h4-7,11H,8-9,12H2,1-3H3,(H,23,29). The van der Waals surface area contributed by atoms with E-state index in [1.54, 1.807) is 4.52 Å². The summed E-state index contributed by atoms with van der Waals surface area (Å²) in [6.07, 6.45) is 2.41. The van der Waals surface area contributed by atoms with E-state index in [9.17, 15) is 4.79 Å². The number of benzene rings is 1. The summed E-state index contributed by atoms with van der Waals surface area (Å²) in [6.45, 7) is 4.21. The van der Waals surface area contributed by atoms with Gasteiger partial charge in [0.15, 0.2) is 5.65 Å². The van der Waals surface area contributed by atoms with Gasteiger partial charge in [0, 0.05) is 24.9 Å². The highest BCUT2D eigenvalue weighted by molar-refractivity contribution is 5.77. The van der Waals surface area contributed by atoms with E-state index in [4.69, 9.17) is 5.26 Å². The molecule has 1 N–H and O–H groups in total. The minimum Gasteiger partial charge on any atom is -0.349 e. The number of carbonyl (C=O) groups excluding carboxylic acids is 1. The van der Waals surface area contributed by atoms with Crippen LogP contribution in [-0.4, -0.2) is 30.1 Å². The van der Waals surface area contributed by atoms with Gasteiger partial charge in [-0.25, -0.2) is 14.5 Å². The molecule has 0 aliphatic carbocycles. The predicted octanol–water partition coefficient (Wildman–Crippen LogP) is 2.35. The number of imidazole rings is 1. The Morgan fingerprint density at radius 3 is 2.79 bits per heavy atom. The van der Waals surface area contributed by atoms with Crippen molar-refractivity contribution in [3.63, 3.8) is 0 Å². The highest BCUT2D eigenvalue weighted by Gasteiger charge is 2.15. The smallest absolute Gasteiger partial charge is 0.220 e. The lowest BCUT2D eigenvalue weighted by Crippen LogP contribution is -2.25. The van der Waals surface area contributed by atoms with Crippen LogP contribution < -0.4 is 5.32 Å². The van der Waals surface area contributed by atoms with Crippen LogP contribution in [0.3, 0.4) is 0 Å². The number of para-hydroxylation sites is 2. The third-order valence-electron chi connectivity index (χ3n) is 5.25. The fourth-order valence-corrected chi connectivity index (χ4v) is 3.61. The van der Waals surface area contributed by atoms with Crippen LogP contribution in [0.1, 0.15) is 34.8 Å². The van der Waals surface area contributed by atoms with Gasteiger partial charge >= 0.3 is 0 Å². The zero-order valence-corrected chi connectivity index (χ0v) is 16.6. The second kappa shape index (κ2) is 7.36. The molecule has 1 amide bonds. The Morgan fingerprint density at radius 1 is 1.24 bits per heavy atom. The van der Waals surface area contributed by atoms with E-state index >= 15 is 0 Å². The summed E-state index contributed by atoms with van der Waals surface area (Å²) in [4.78, 5) is 21.5. The number of nitrogens with zero attached hydrogens (tertiary/aromatic N) is 6. The third kappa shape index (κ3) is 3.31. The Morgan fingerprint density at radius 2 is 2.03 bits per heavy atom. The number of fused-ring (bicyclic) bond motifs is 2. The lowest BCUT2D eigenvalue weighted by Gasteiger charge is -2.11. The normalized spacial score (nSPS) is 11.1. The molecule has 0 spiro atoms. The molecule has 8 heteroatoms. The first-order valence-corrected chi connectivity index (χ1v) is 9.40. The first-order chi connectivity index (χ1) is 14.0. The monoisotopic (exact) mass is 387 g/mol. The molecule has 1 aromatic carbocycles. The van der Waals surface area contributed by atoms with Crippen molar-refractivity contribution < 1.29 is 4.79 Å². The number of rotatable bonds is 5. The Balaban J connectivity index is 1.44. The maximum Gasteiger partial charge on any atom is 0.220 e. The van der Waals surface area contributed by atoms with Crippen LogP contribution in [0, 0.1) is 25.2 Å². The number of aromatic nitrogens is 5. The van der Waals surface area contributed by atoms with Crippen LogP contribution >= 0.6 is 0 Å². The quantitative estimate of drug-likeness (QED) is 0.566. The second-order valence-electron chi connectivity index (χ2n) is 7.02. The van der Waals surface area contributed by atoms with Crippen molar-refractivity contribution >= 4 is 22.6 Å². The molecule has 4 aromatic rings. The first-order valence-electron chi connectivity index (χ1n) is 9.40. The molecule has 0 saturated heterocycles. The molecule has 0 saturated carbocycles. The van der Waals surface area contributed by atoms with Crippen molar-refractivity contribution in [3.05, 3.63) is 58.8 Å². The number of hydrogen-bond acceptors (Lipinski definition) is 5. The van der Waals surface area contributed by atoms with E-state index in [0.29, 0.717) is 30.6 Å². The molecule has 4 rings (SSSR count). The van der Waals surface area contributed by atoms with Gasteiger partial charge < -0.3 is 9.88 Å². The number of carbonyl (C=O) groups is 1. The Labute approximate surface area is 167 Å². The fraction of sp³-hybridized carbons (Fsp3) is 0.286. The number of hydrogen-bond donors (Lipinski definition) is 1. The summed E-state index contributed by atoms with van der Waals surface area (Å²) < 4.78 is 3.66. The van der Waals surface area contributed by atoms with E-state index in [-0.39, 0.29) is 5.91 Å². The molecular weight excluding hydrogens is 366 g/mol. The van der Waals surface area contributed by atoms with Crippen LogP contribution in [0.15, 0.2) is 30.5 Å². The topological polar surface area (TPSA) is 101 Å². The summed E-state index contributed by atoms with van der Waals surface area (Å²) in [7, 11) is 1.95. The molecule has 29 heavy (non-hydrogen) atoms. The average molecular weight is 387 g/mol. The molecule has 0 aliphatic heterocycles. The number of nitrogens with one attached hydrogen (secondary N) is 1. The van der Waals surface area contributed by atoms with Gasteiger partial charge in [-0.2, -0.15) is 10.4 Å². The van der Waals surface area contributed by atoms with E-state index in [0.717, 1.165) is 33.8 Å². The van der Waals surface area contributed by atoms with E-state index in [2.05, 4.69) is 26.5 Å². The van der Waals surface area contributed by atoms with Crippen molar-refractivity contribution in [2.45, 2.75) is 33.2 Å². The SMILES string of the molecule is Cc1nc2c(C#N)cnn2c(C)c1CCC(=O)NCc1nc2ccccc2n1C. The molecular formula is C21H21N7O. The van der Waals surface area contributed by atoms with Gasteiger partial charge in [-0.1, -0.05) is 12.1 Å². The molecule has 3 heterocycles. The summed E-state index contributed by atoms with van der Waals surface area (Å²) >= 11 is 0. The zero-order chi connectivity index (χ0) is 20.5. The highest BCUT2D eigenvalue weighted by Crippen LogP contribution is 2.18. The van der Waals surface area contributed by atoms with Gasteiger partial charge in [-0.05, 0) is 38.0 Å². The highest BCUT2D eigenvalue weighted by atomic mass is 16.1. The fourth-order valence-electron chi connectivity index (χ4n) is 3.61. The number of nitriles is 1. The van der Waals surface area contributed by atoms with Gasteiger partial charge in [0.25, 0.3) is 0 Å². The van der Waals surface area contributed by atoms with Crippen LogP contribution in [0.2, 0.25) is 0 Å². The number of amides is 1. The van der Waals surface area contributed by atoms with Gasteiger partial charge in [0.2, 0.25) is 5.91 Å². The minimum atomic E-state index is -0.0471. The van der Waals surface area contributed by atoms with Crippen LogP contribution in [-0.2, 0) is 24.8 Å². The van der Waals surface area contributed by atoms with Gasteiger partial charge in [-0.15, -0.1) is 0 Å². The molecule has 0 radical (unpaired) electrons. The third-order valence-corrected chi connectivity index (χ3v) is 5.25. The van der Waals surface area contributed by atoms with Crippen molar-refractivity contribution in [2.24, 2.45) is 7.05 Å². The van der Waals surface area contributed by atoms with Crippen molar-refractivity contribution in [3.8, 4) is 6.07 Å². The summed E-state index contributed by atoms with van der Waals surface area (Å²) in [5.74, 6) is 0.768. The minimum absolute atomic E-state index is 0.0471. The lowest BCUT2D eigenvalue weighted by molar-refractivity contribution is -0.121. The zero-order valence-electron chi connectivity index (χ0n) is 16.6. The molecule has 0 bridgehead atoms. The Bertz CT molecular complexity index is 1280. The largest absolute Gasteiger partial charge is 0.349 e. The van der Waals surface area contributed by atoms with Gasteiger partial charge in [0.05, 0.1) is 23.8 Å². The molecule has 3 aromatic heterocycles. The molecule has 0 atom stereocenters. The summed E-state index contributed by atoms with van der Waals surface area (Å²) in [5, 5.41) is 16.4. The summed E-state index contributed by atoms with van der Waals surface area (Å²) in [5.41, 5.74) is 5.65. The summed E-state index contributed by atoms with van der Waals surface area (Å²) in [6, 6.07) is 10.00. The lowest BCUT2D eigenvalue weighted by atomic mass is 10.1. The first kappa shape index (κ1) is 18.6. The van der Waals surface area contributed by atoms with E-state index < -0.39 is 0 Å². The Hall–Kier alpha value is -3.73. The number of aryl methyl sites for hydroxylation is 3. The van der Waals surface area contributed by atoms with Crippen molar-refractivity contribution in [1.82, 2.24) is 29.5 Å². The predicted molar refractivity (Wildman–Crippen MR) is 108 cm³/mol. The van der Waals surface area contributed by atoms with Gasteiger partial charge in [0.1, 0.15) is 17.5 Å². The Kier molecular flexibility index (Phi) is 4.72. The average Bonchev–Trinajstić information content (AvgIpc) is 3.27. The van der Waals surface area contributed by atoms with Crippen LogP contribution in [0.4, 0.5) is 0 Å². The molecule has 0 unspecified atom stereocenters. The van der Waals surface area contributed by atoms with Gasteiger partial charge in [-0.3, -0.25) is 4.79 Å². The van der Waals surface area contributed by atoms with E-state index in [1.807, 2.05) is 49.7 Å². The van der Waals surface area contributed by atoms with Crippen LogP contribution in [0.25, 0.3) is 16.7 Å². The maximum atomic E-state index is 12.4. The second-order valence-corrected chi connectivity index (χ2v) is 7.02. The molecule has 0 fully saturated rings. The van der Waals surface area contributed by atoms with E-state index in [1.165, 1.54) is 6.20 Å². The molecule has 8 nitrogen and oxygen atoms in total. The maximum absolute atomic E-state index is 12.4. The molecule has 146 valence electrons. The van der Waals surface area contributed by atoms with Crippen LogP contribution in [0.5, 0.6) is 0 Å². The van der Waals surface area contributed by atoms with Crippen molar-refractivity contribution in [1.29, 1.82) is 5.26 Å². The van der Waals surface area contributed by atoms with Crippen molar-refractivity contribution in [2.75, 3.05) is 0 Å². The molecule has 0 aliphatic rings.